The minimum atomic E-state index is -0.175. The third-order valence-corrected chi connectivity index (χ3v) is 3.00. The van der Waals surface area contributed by atoms with Gasteiger partial charge in [0.2, 0.25) is 0 Å². The van der Waals surface area contributed by atoms with Gasteiger partial charge in [0.1, 0.15) is 5.82 Å². The number of rotatable bonds is 4. The summed E-state index contributed by atoms with van der Waals surface area (Å²) in [5.74, 6) is -0.175. The highest BCUT2D eigenvalue weighted by atomic mass is 19.1. The lowest BCUT2D eigenvalue weighted by Gasteiger charge is -2.20. The van der Waals surface area contributed by atoms with E-state index in [-0.39, 0.29) is 17.9 Å². The maximum absolute atomic E-state index is 13.6. The van der Waals surface area contributed by atoms with Gasteiger partial charge in [0, 0.05) is 23.8 Å². The fourth-order valence-corrected chi connectivity index (χ4v) is 2.01. The van der Waals surface area contributed by atoms with Crippen LogP contribution in [-0.2, 0) is 0 Å². The van der Waals surface area contributed by atoms with Crippen molar-refractivity contribution in [1.29, 1.82) is 0 Å². The molecule has 1 aromatic heterocycles. The average Bonchev–Trinajstić information content (AvgIpc) is 2.40. The number of benzene rings is 1. The lowest BCUT2D eigenvalue weighted by atomic mass is 10.1. The minimum Gasteiger partial charge on any atom is -0.302 e. The molecule has 0 saturated heterocycles. The molecule has 0 spiro atoms. The molecule has 2 aromatic rings. The summed E-state index contributed by atoms with van der Waals surface area (Å²) in [4.78, 5) is 4.29. The smallest absolute Gasteiger partial charge is 0.127 e. The number of hydrogen-bond donors (Lipinski definition) is 1. The Morgan fingerprint density at radius 2 is 1.72 bits per heavy atom. The van der Waals surface area contributed by atoms with Crippen molar-refractivity contribution in [3.05, 3.63) is 65.7 Å². The SMILES string of the molecule is CC(NC(C)c1ccccc1F)c1ccccn1. The van der Waals surface area contributed by atoms with Crippen LogP contribution in [0.2, 0.25) is 0 Å². The van der Waals surface area contributed by atoms with Gasteiger partial charge in [0.15, 0.2) is 0 Å². The van der Waals surface area contributed by atoms with E-state index in [1.807, 2.05) is 38.1 Å². The third-order valence-electron chi connectivity index (χ3n) is 3.00. The molecular formula is C15H17FN2. The van der Waals surface area contributed by atoms with Gasteiger partial charge in [-0.1, -0.05) is 24.3 Å². The van der Waals surface area contributed by atoms with Gasteiger partial charge in [-0.25, -0.2) is 4.39 Å². The highest BCUT2D eigenvalue weighted by molar-refractivity contribution is 5.21. The largest absolute Gasteiger partial charge is 0.302 e. The molecule has 0 amide bonds. The second-order valence-corrected chi connectivity index (χ2v) is 4.39. The van der Waals surface area contributed by atoms with E-state index >= 15 is 0 Å². The first kappa shape index (κ1) is 12.7. The summed E-state index contributed by atoms with van der Waals surface area (Å²) < 4.78 is 13.6. The number of pyridine rings is 1. The Morgan fingerprint density at radius 1 is 1.00 bits per heavy atom. The fourth-order valence-electron chi connectivity index (χ4n) is 2.01. The van der Waals surface area contributed by atoms with Crippen molar-refractivity contribution in [1.82, 2.24) is 10.3 Å². The summed E-state index contributed by atoms with van der Waals surface area (Å²) in [7, 11) is 0. The number of hydrogen-bond acceptors (Lipinski definition) is 2. The lowest BCUT2D eigenvalue weighted by molar-refractivity contribution is 0.467. The molecule has 2 unspecified atom stereocenters. The van der Waals surface area contributed by atoms with E-state index in [9.17, 15) is 4.39 Å². The first-order valence-corrected chi connectivity index (χ1v) is 6.10. The monoisotopic (exact) mass is 244 g/mol. The van der Waals surface area contributed by atoms with Crippen molar-refractivity contribution >= 4 is 0 Å². The molecule has 2 nitrogen and oxygen atoms in total. The van der Waals surface area contributed by atoms with Gasteiger partial charge < -0.3 is 5.32 Å². The zero-order valence-corrected chi connectivity index (χ0v) is 10.6. The number of nitrogens with zero attached hydrogens (tertiary/aromatic N) is 1. The van der Waals surface area contributed by atoms with E-state index in [0.717, 1.165) is 5.69 Å². The number of aromatic nitrogens is 1. The van der Waals surface area contributed by atoms with Crippen LogP contribution in [0.4, 0.5) is 4.39 Å². The summed E-state index contributed by atoms with van der Waals surface area (Å²) in [5.41, 5.74) is 1.64. The Balaban J connectivity index is 2.08. The van der Waals surface area contributed by atoms with Gasteiger partial charge in [-0.15, -0.1) is 0 Å². The molecule has 1 aromatic carbocycles. The van der Waals surface area contributed by atoms with Crippen molar-refractivity contribution in [3.8, 4) is 0 Å². The van der Waals surface area contributed by atoms with Crippen molar-refractivity contribution in [2.24, 2.45) is 0 Å². The quantitative estimate of drug-likeness (QED) is 0.888. The standard InChI is InChI=1S/C15H17FN2/c1-11(13-7-3-4-8-14(13)16)18-12(2)15-9-5-6-10-17-15/h3-12,18H,1-2H3. The molecule has 18 heavy (non-hydrogen) atoms. The molecular weight excluding hydrogens is 227 g/mol. The van der Waals surface area contributed by atoms with E-state index < -0.39 is 0 Å². The molecule has 3 heteroatoms. The molecule has 0 aliphatic rings. The zero-order chi connectivity index (χ0) is 13.0. The van der Waals surface area contributed by atoms with E-state index in [4.69, 9.17) is 0 Å². The first-order chi connectivity index (χ1) is 8.68. The van der Waals surface area contributed by atoms with Crippen LogP contribution in [-0.4, -0.2) is 4.98 Å². The van der Waals surface area contributed by atoms with Crippen LogP contribution in [0.15, 0.2) is 48.7 Å². The second-order valence-electron chi connectivity index (χ2n) is 4.39. The van der Waals surface area contributed by atoms with Crippen LogP contribution < -0.4 is 5.32 Å². The van der Waals surface area contributed by atoms with Crippen LogP contribution in [0.5, 0.6) is 0 Å². The maximum atomic E-state index is 13.6. The van der Waals surface area contributed by atoms with Crippen molar-refractivity contribution in [3.63, 3.8) is 0 Å². The molecule has 1 heterocycles. The highest BCUT2D eigenvalue weighted by Crippen LogP contribution is 2.20. The Hall–Kier alpha value is -1.74. The molecule has 0 bridgehead atoms. The van der Waals surface area contributed by atoms with Crippen molar-refractivity contribution in [2.75, 3.05) is 0 Å². The molecule has 2 rings (SSSR count). The van der Waals surface area contributed by atoms with Gasteiger partial charge in [-0.3, -0.25) is 4.98 Å². The summed E-state index contributed by atoms with van der Waals surface area (Å²) in [6, 6.07) is 12.7. The van der Waals surface area contributed by atoms with Crippen LogP contribution >= 0.6 is 0 Å². The van der Waals surface area contributed by atoms with E-state index in [2.05, 4.69) is 10.3 Å². The Morgan fingerprint density at radius 3 is 2.39 bits per heavy atom. The molecule has 0 radical (unpaired) electrons. The second kappa shape index (κ2) is 5.74. The van der Waals surface area contributed by atoms with Gasteiger partial charge in [0.25, 0.3) is 0 Å². The number of nitrogens with one attached hydrogen (secondary N) is 1. The van der Waals surface area contributed by atoms with Crippen LogP contribution in [0.1, 0.15) is 37.2 Å². The summed E-state index contributed by atoms with van der Waals surface area (Å²) in [6.45, 7) is 3.98. The molecule has 1 N–H and O–H groups in total. The molecule has 0 aliphatic carbocycles. The van der Waals surface area contributed by atoms with Gasteiger partial charge in [-0.05, 0) is 32.0 Å². The summed E-state index contributed by atoms with van der Waals surface area (Å²) in [5, 5.41) is 3.35. The predicted octanol–water partition coefficient (Wildman–Crippen LogP) is 3.63. The number of halogens is 1. The van der Waals surface area contributed by atoms with Crippen LogP contribution in [0.25, 0.3) is 0 Å². The van der Waals surface area contributed by atoms with Crippen LogP contribution in [0, 0.1) is 5.82 Å². The van der Waals surface area contributed by atoms with Crippen molar-refractivity contribution in [2.45, 2.75) is 25.9 Å². The van der Waals surface area contributed by atoms with E-state index in [0.29, 0.717) is 5.56 Å². The van der Waals surface area contributed by atoms with Crippen molar-refractivity contribution < 1.29 is 4.39 Å². The minimum absolute atomic E-state index is 0.0526. The highest BCUT2D eigenvalue weighted by Gasteiger charge is 2.14. The zero-order valence-electron chi connectivity index (χ0n) is 10.6. The Bertz CT molecular complexity index is 499. The first-order valence-electron chi connectivity index (χ1n) is 6.10. The fraction of sp³-hybridized carbons (Fsp3) is 0.267. The van der Waals surface area contributed by atoms with Crippen LogP contribution in [0.3, 0.4) is 0 Å². The molecule has 0 aliphatic heterocycles. The molecule has 0 saturated carbocycles. The lowest BCUT2D eigenvalue weighted by Crippen LogP contribution is -2.23. The maximum Gasteiger partial charge on any atom is 0.127 e. The van der Waals surface area contributed by atoms with Gasteiger partial charge in [-0.2, -0.15) is 0 Å². The predicted molar refractivity (Wildman–Crippen MR) is 70.6 cm³/mol. The molecule has 2 atom stereocenters. The van der Waals surface area contributed by atoms with Gasteiger partial charge >= 0.3 is 0 Å². The molecule has 94 valence electrons. The third kappa shape index (κ3) is 2.93. The summed E-state index contributed by atoms with van der Waals surface area (Å²) >= 11 is 0. The summed E-state index contributed by atoms with van der Waals surface area (Å²) in [6.07, 6.45) is 1.77. The Labute approximate surface area is 107 Å². The molecule has 0 fully saturated rings. The normalized spacial score (nSPS) is 14.2. The van der Waals surface area contributed by atoms with E-state index in [1.165, 1.54) is 6.07 Å². The average molecular weight is 244 g/mol. The van der Waals surface area contributed by atoms with E-state index in [1.54, 1.807) is 18.3 Å². The Kier molecular flexibility index (Phi) is 4.05. The topological polar surface area (TPSA) is 24.9 Å². The van der Waals surface area contributed by atoms with Gasteiger partial charge in [0.05, 0.1) is 5.69 Å².